The molecule has 37 heavy (non-hydrogen) atoms. The zero-order valence-corrected chi connectivity index (χ0v) is 19.7. The van der Waals surface area contributed by atoms with E-state index in [0.29, 0.717) is 23.1 Å². The van der Waals surface area contributed by atoms with Crippen molar-refractivity contribution < 1.29 is 27.1 Å². The number of rotatable bonds is 8. The fourth-order valence-electron chi connectivity index (χ4n) is 3.41. The third-order valence-electron chi connectivity index (χ3n) is 5.24. The maximum absolute atomic E-state index is 14.7. The third-order valence-corrected chi connectivity index (χ3v) is 5.24. The Balaban J connectivity index is 1.42. The normalized spacial score (nSPS) is 11.3. The van der Waals surface area contributed by atoms with Crippen LogP contribution in [0.2, 0.25) is 0 Å². The van der Waals surface area contributed by atoms with Crippen molar-refractivity contribution in [2.75, 3.05) is 17.7 Å². The van der Waals surface area contributed by atoms with Gasteiger partial charge in [0.25, 0.3) is 0 Å². The Hall–Kier alpha value is -4.55. The second kappa shape index (κ2) is 10.6. The van der Waals surface area contributed by atoms with E-state index in [9.17, 15) is 22.4 Å². The van der Waals surface area contributed by atoms with Crippen LogP contribution in [-0.4, -0.2) is 37.7 Å². The number of methoxy groups -OCH3 is 1. The number of pyridine rings is 1. The summed E-state index contributed by atoms with van der Waals surface area (Å²) in [5.74, 6) is -1.65. The summed E-state index contributed by atoms with van der Waals surface area (Å²) in [6.45, 7) is 2.69. The van der Waals surface area contributed by atoms with Crippen LogP contribution >= 0.6 is 0 Å². The molecule has 0 saturated carbocycles. The molecule has 0 aliphatic heterocycles. The first-order valence-corrected chi connectivity index (χ1v) is 11.0. The van der Waals surface area contributed by atoms with E-state index < -0.39 is 35.8 Å². The highest BCUT2D eigenvalue weighted by atomic mass is 19.4. The van der Waals surface area contributed by atoms with Crippen molar-refractivity contribution in [1.82, 2.24) is 24.7 Å². The van der Waals surface area contributed by atoms with Gasteiger partial charge >= 0.3 is 6.18 Å². The summed E-state index contributed by atoms with van der Waals surface area (Å²) in [6.07, 6.45) is 2.40. The number of hydrogen-bond donors (Lipinski definition) is 2. The monoisotopic (exact) mass is 515 g/mol. The van der Waals surface area contributed by atoms with Gasteiger partial charge in [-0.25, -0.2) is 19.3 Å². The van der Waals surface area contributed by atoms with Gasteiger partial charge in [0.05, 0.1) is 37.3 Å². The summed E-state index contributed by atoms with van der Waals surface area (Å²) in [4.78, 5) is 24.4. The van der Waals surface area contributed by atoms with E-state index >= 15 is 0 Å². The first kappa shape index (κ1) is 25.5. The molecule has 0 aliphatic carbocycles. The van der Waals surface area contributed by atoms with E-state index in [1.54, 1.807) is 16.9 Å². The zero-order chi connectivity index (χ0) is 26.6. The zero-order valence-electron chi connectivity index (χ0n) is 19.7. The summed E-state index contributed by atoms with van der Waals surface area (Å²) >= 11 is 0. The molecule has 0 radical (unpaired) electrons. The highest BCUT2D eigenvalue weighted by molar-refractivity contribution is 5.92. The molecular formula is C24H21F4N7O2. The molecule has 0 saturated heterocycles. The van der Waals surface area contributed by atoms with E-state index in [2.05, 4.69) is 35.4 Å². The van der Waals surface area contributed by atoms with Crippen molar-refractivity contribution in [1.29, 1.82) is 0 Å². The third kappa shape index (κ3) is 6.18. The number of nitrogens with zero attached hydrogens (tertiary/aromatic N) is 5. The lowest BCUT2D eigenvalue weighted by molar-refractivity contribution is -0.139. The Kier molecular flexibility index (Phi) is 7.32. The van der Waals surface area contributed by atoms with Crippen LogP contribution < -0.4 is 15.4 Å². The predicted octanol–water partition coefficient (Wildman–Crippen LogP) is 4.85. The number of ether oxygens (including phenoxy) is 1. The molecule has 2 N–H and O–H groups in total. The average molecular weight is 515 g/mol. The lowest BCUT2D eigenvalue weighted by atomic mass is 10.0. The average Bonchev–Trinajstić information content (AvgIpc) is 3.32. The molecule has 3 heterocycles. The van der Waals surface area contributed by atoms with Gasteiger partial charge in [-0.1, -0.05) is 12.1 Å². The number of anilines is 3. The molecule has 9 nitrogen and oxygen atoms in total. The highest BCUT2D eigenvalue weighted by Crippen LogP contribution is 2.36. The maximum Gasteiger partial charge on any atom is 0.421 e. The van der Waals surface area contributed by atoms with Gasteiger partial charge in [-0.05, 0) is 30.2 Å². The SMILES string of the molecule is CCn1cc(Nc2ncc(-c3ccc(CC(=O)Nc4cnc(OC)c(C(F)(F)F)c4)c(F)c3)cn2)cn1. The fourth-order valence-corrected chi connectivity index (χ4v) is 3.41. The van der Waals surface area contributed by atoms with Gasteiger partial charge in [-0.15, -0.1) is 0 Å². The van der Waals surface area contributed by atoms with Gasteiger partial charge in [0.15, 0.2) is 0 Å². The molecule has 3 aromatic heterocycles. The topological polar surface area (TPSA) is 107 Å². The lowest BCUT2D eigenvalue weighted by Crippen LogP contribution is -2.17. The number of carbonyl (C=O) groups excluding carboxylic acids is 1. The molecule has 0 fully saturated rings. The Morgan fingerprint density at radius 1 is 1.03 bits per heavy atom. The largest absolute Gasteiger partial charge is 0.481 e. The molecule has 0 spiro atoms. The van der Waals surface area contributed by atoms with Crippen LogP contribution in [0.4, 0.5) is 34.9 Å². The summed E-state index contributed by atoms with van der Waals surface area (Å²) < 4.78 is 60.6. The fraction of sp³-hybridized carbons (Fsp3) is 0.208. The molecule has 1 amide bonds. The van der Waals surface area contributed by atoms with E-state index in [0.717, 1.165) is 25.5 Å². The molecule has 1 aromatic carbocycles. The Labute approximate surface area is 208 Å². The second-order valence-corrected chi connectivity index (χ2v) is 7.81. The van der Waals surface area contributed by atoms with E-state index in [1.165, 1.54) is 24.5 Å². The van der Waals surface area contributed by atoms with Crippen molar-refractivity contribution in [3.63, 3.8) is 0 Å². The van der Waals surface area contributed by atoms with Crippen molar-refractivity contribution in [2.45, 2.75) is 26.1 Å². The van der Waals surface area contributed by atoms with Crippen LogP contribution in [0.5, 0.6) is 5.88 Å². The quantitative estimate of drug-likeness (QED) is 0.323. The summed E-state index contributed by atoms with van der Waals surface area (Å²) in [5, 5.41) is 9.48. The number of aromatic nitrogens is 5. The highest BCUT2D eigenvalue weighted by Gasteiger charge is 2.35. The number of alkyl halides is 3. The summed E-state index contributed by atoms with van der Waals surface area (Å²) in [5.41, 5.74) is 0.495. The Bertz CT molecular complexity index is 1410. The van der Waals surface area contributed by atoms with Crippen LogP contribution in [0.15, 0.2) is 55.2 Å². The van der Waals surface area contributed by atoms with Crippen LogP contribution in [0, 0.1) is 5.82 Å². The van der Waals surface area contributed by atoms with Gasteiger partial charge in [-0.2, -0.15) is 18.3 Å². The van der Waals surface area contributed by atoms with E-state index in [1.807, 2.05) is 13.1 Å². The van der Waals surface area contributed by atoms with Gasteiger partial charge in [0, 0.05) is 30.7 Å². The Morgan fingerprint density at radius 3 is 2.41 bits per heavy atom. The first-order chi connectivity index (χ1) is 17.7. The molecular weight excluding hydrogens is 494 g/mol. The summed E-state index contributed by atoms with van der Waals surface area (Å²) in [7, 11) is 1.06. The Morgan fingerprint density at radius 2 is 1.78 bits per heavy atom. The predicted molar refractivity (Wildman–Crippen MR) is 127 cm³/mol. The molecule has 0 aliphatic rings. The molecule has 13 heteroatoms. The lowest BCUT2D eigenvalue weighted by Gasteiger charge is -2.13. The second-order valence-electron chi connectivity index (χ2n) is 7.81. The van der Waals surface area contributed by atoms with Gasteiger partial charge in [-0.3, -0.25) is 9.48 Å². The molecule has 4 rings (SSSR count). The molecule has 0 unspecified atom stereocenters. The minimum Gasteiger partial charge on any atom is -0.481 e. The van der Waals surface area contributed by atoms with Crippen molar-refractivity contribution in [2.24, 2.45) is 0 Å². The van der Waals surface area contributed by atoms with Crippen LogP contribution in [-0.2, 0) is 23.9 Å². The molecule has 4 aromatic rings. The molecule has 0 atom stereocenters. The minimum absolute atomic E-state index is 0.0610. The van der Waals surface area contributed by atoms with E-state index in [-0.39, 0.29) is 11.3 Å². The number of amides is 1. The molecule has 0 bridgehead atoms. The van der Waals surface area contributed by atoms with Gasteiger partial charge < -0.3 is 15.4 Å². The number of halogens is 4. The smallest absolute Gasteiger partial charge is 0.421 e. The minimum atomic E-state index is -4.72. The van der Waals surface area contributed by atoms with Crippen molar-refractivity contribution in [3.05, 3.63) is 72.2 Å². The number of aryl methyl sites for hydroxylation is 1. The van der Waals surface area contributed by atoms with Crippen LogP contribution in [0.1, 0.15) is 18.1 Å². The van der Waals surface area contributed by atoms with Gasteiger partial charge in [0.1, 0.15) is 11.4 Å². The van der Waals surface area contributed by atoms with Gasteiger partial charge in [0.2, 0.25) is 17.7 Å². The maximum atomic E-state index is 14.7. The number of carbonyl (C=O) groups is 1. The van der Waals surface area contributed by atoms with Crippen molar-refractivity contribution >= 4 is 23.2 Å². The van der Waals surface area contributed by atoms with Crippen LogP contribution in [0.25, 0.3) is 11.1 Å². The van der Waals surface area contributed by atoms with Crippen molar-refractivity contribution in [3.8, 4) is 17.0 Å². The van der Waals surface area contributed by atoms with E-state index in [4.69, 9.17) is 0 Å². The number of nitrogens with one attached hydrogen (secondary N) is 2. The standard InChI is InChI=1S/C24H21F4N7O2/c1-3-35-13-18(12-32-35)34-23-30-9-16(10-31-23)14-4-5-15(20(25)6-14)7-21(36)33-17-8-19(24(26,27)28)22(37-2)29-11-17/h4-6,8-13H,3,7H2,1-2H3,(H,33,36)(H,30,31,34). The summed E-state index contributed by atoms with van der Waals surface area (Å²) in [6, 6.07) is 4.95. The number of hydrogen-bond acceptors (Lipinski definition) is 7. The van der Waals surface area contributed by atoms with Crippen LogP contribution in [0.3, 0.4) is 0 Å². The molecule has 192 valence electrons. The first-order valence-electron chi connectivity index (χ1n) is 11.0. The number of benzene rings is 1.